The summed E-state index contributed by atoms with van der Waals surface area (Å²) >= 11 is 6.38. The lowest BCUT2D eigenvalue weighted by Gasteiger charge is -2.45. The van der Waals surface area contributed by atoms with Crippen molar-refractivity contribution in [3.63, 3.8) is 0 Å². The zero-order valence-corrected chi connectivity index (χ0v) is 25.7. The number of rotatable bonds is 1. The first-order valence-corrected chi connectivity index (χ1v) is 16.8. The SMILES string of the molecule is CO[C@@H]1/C=C/[C@H](O)[C@@H]2CC[C@H]2CN2C[C@@]3(CCCc4cc(Cl)ccc43)COc3ccc(cc32)C(=O)NS(=O)(=O)[C@H](C)C1. The van der Waals surface area contributed by atoms with Crippen LogP contribution < -0.4 is 14.4 Å². The molecule has 1 amide bonds. The number of halogens is 1. The highest BCUT2D eigenvalue weighted by molar-refractivity contribution is 7.90. The molecule has 8 nitrogen and oxygen atoms in total. The van der Waals surface area contributed by atoms with E-state index < -0.39 is 33.4 Å². The number of nitrogens with zero attached hydrogens (tertiary/aromatic N) is 1. The van der Waals surface area contributed by atoms with Crippen molar-refractivity contribution in [1.29, 1.82) is 0 Å². The molecule has 2 aliphatic heterocycles. The van der Waals surface area contributed by atoms with E-state index in [4.69, 9.17) is 21.1 Å². The van der Waals surface area contributed by atoms with Crippen molar-refractivity contribution in [3.05, 3.63) is 70.3 Å². The van der Waals surface area contributed by atoms with Crippen molar-refractivity contribution in [1.82, 2.24) is 4.72 Å². The number of anilines is 1. The highest BCUT2D eigenvalue weighted by Crippen LogP contribution is 2.46. The number of fused-ring (bicyclic) bond motifs is 4. The van der Waals surface area contributed by atoms with Gasteiger partial charge in [-0.15, -0.1) is 0 Å². The van der Waals surface area contributed by atoms with Crippen LogP contribution >= 0.6 is 11.6 Å². The predicted molar refractivity (Wildman–Crippen MR) is 163 cm³/mol. The largest absolute Gasteiger partial charge is 0.490 e. The molecule has 2 aromatic rings. The minimum absolute atomic E-state index is 0.0697. The highest BCUT2D eigenvalue weighted by atomic mass is 35.5. The van der Waals surface area contributed by atoms with E-state index in [0.29, 0.717) is 25.4 Å². The Morgan fingerprint density at radius 2 is 2.00 bits per heavy atom. The number of hydrogen-bond donors (Lipinski definition) is 2. The Balaban J connectivity index is 1.42. The fourth-order valence-corrected chi connectivity index (χ4v) is 8.40. The van der Waals surface area contributed by atoms with Crippen LogP contribution in [0.15, 0.2) is 48.6 Å². The summed E-state index contributed by atoms with van der Waals surface area (Å²) in [5.41, 5.74) is 3.24. The Hall–Kier alpha value is -2.59. The first-order chi connectivity index (χ1) is 20.1. The van der Waals surface area contributed by atoms with E-state index in [1.54, 1.807) is 37.3 Å². The van der Waals surface area contributed by atoms with E-state index in [-0.39, 0.29) is 29.2 Å². The molecule has 0 radical (unpaired) electrons. The van der Waals surface area contributed by atoms with Crippen molar-refractivity contribution in [2.75, 3.05) is 31.7 Å². The van der Waals surface area contributed by atoms with Gasteiger partial charge in [-0.25, -0.2) is 13.1 Å². The summed E-state index contributed by atoms with van der Waals surface area (Å²) in [5.74, 6) is 0.308. The third-order valence-corrected chi connectivity index (χ3v) is 11.8. The molecule has 1 saturated carbocycles. The molecular formula is C32H39ClN2O6S. The molecule has 1 fully saturated rings. The summed E-state index contributed by atoms with van der Waals surface area (Å²) in [7, 11) is -2.47. The average molecular weight is 615 g/mol. The lowest BCUT2D eigenvalue weighted by Crippen LogP contribution is -2.49. The number of amides is 1. The van der Waals surface area contributed by atoms with Gasteiger partial charge in [0.2, 0.25) is 10.0 Å². The van der Waals surface area contributed by atoms with Crippen molar-refractivity contribution in [3.8, 4) is 5.75 Å². The van der Waals surface area contributed by atoms with Crippen LogP contribution in [-0.4, -0.2) is 63.7 Å². The zero-order valence-electron chi connectivity index (χ0n) is 24.1. The lowest BCUT2D eigenvalue weighted by atomic mass is 9.68. The predicted octanol–water partition coefficient (Wildman–Crippen LogP) is 4.62. The summed E-state index contributed by atoms with van der Waals surface area (Å²) in [5, 5.41) is 11.0. The fraction of sp³-hybridized carbons (Fsp3) is 0.531. The van der Waals surface area contributed by atoms with Gasteiger partial charge in [0, 0.05) is 36.2 Å². The molecule has 0 aromatic heterocycles. The second-order valence-corrected chi connectivity index (χ2v) is 15.0. The lowest BCUT2D eigenvalue weighted by molar-refractivity contribution is 0.0444. The maximum atomic E-state index is 13.3. The topological polar surface area (TPSA) is 105 Å². The van der Waals surface area contributed by atoms with E-state index in [0.717, 1.165) is 42.8 Å². The number of sulfonamides is 1. The van der Waals surface area contributed by atoms with Gasteiger partial charge in [0.15, 0.2) is 0 Å². The van der Waals surface area contributed by atoms with Gasteiger partial charge in [-0.1, -0.05) is 29.8 Å². The smallest absolute Gasteiger partial charge is 0.264 e. The monoisotopic (exact) mass is 614 g/mol. The summed E-state index contributed by atoms with van der Waals surface area (Å²) in [4.78, 5) is 15.6. The van der Waals surface area contributed by atoms with Crippen LogP contribution in [0.25, 0.3) is 0 Å². The minimum atomic E-state index is -3.98. The van der Waals surface area contributed by atoms with E-state index in [1.807, 2.05) is 6.07 Å². The van der Waals surface area contributed by atoms with Crippen molar-refractivity contribution in [2.45, 2.75) is 68.3 Å². The molecule has 2 aromatic carbocycles. The van der Waals surface area contributed by atoms with Crippen LogP contribution in [0.3, 0.4) is 0 Å². The second-order valence-electron chi connectivity index (χ2n) is 12.5. The summed E-state index contributed by atoms with van der Waals surface area (Å²) in [6.07, 6.45) is 7.30. The normalized spacial score (nSPS) is 33.3. The molecule has 1 spiro atoms. The maximum absolute atomic E-state index is 13.3. The molecule has 10 heteroatoms. The molecule has 226 valence electrons. The molecular weight excluding hydrogens is 576 g/mol. The van der Waals surface area contributed by atoms with Crippen molar-refractivity contribution in [2.24, 2.45) is 11.8 Å². The third-order valence-electron chi connectivity index (χ3n) is 9.82. The third kappa shape index (κ3) is 5.56. The molecule has 4 aliphatic rings. The Morgan fingerprint density at radius 1 is 1.17 bits per heavy atom. The van der Waals surface area contributed by atoms with Gasteiger partial charge in [0.25, 0.3) is 5.91 Å². The van der Waals surface area contributed by atoms with Crippen molar-refractivity contribution < 1.29 is 27.8 Å². The zero-order chi connectivity index (χ0) is 29.6. The van der Waals surface area contributed by atoms with Crippen LogP contribution in [0.4, 0.5) is 5.69 Å². The van der Waals surface area contributed by atoms with E-state index in [9.17, 15) is 18.3 Å². The summed E-state index contributed by atoms with van der Waals surface area (Å²) in [6, 6.07) is 11.3. The van der Waals surface area contributed by atoms with Gasteiger partial charge in [0.05, 0.1) is 29.8 Å². The van der Waals surface area contributed by atoms with Crippen molar-refractivity contribution >= 4 is 33.2 Å². The van der Waals surface area contributed by atoms with E-state index in [2.05, 4.69) is 21.8 Å². The standard InChI is InChI=1S/C32H39ClN2O6S/c1-20-14-25(40-2)8-11-29(36)26-9-5-23(26)17-35-18-32(13-3-4-21-15-24(33)7-10-27(21)32)19-41-30-12-6-22(16-28(30)35)31(37)34-42(20,38)39/h6-8,10-12,15-16,20,23,25-26,29,36H,3-5,9,13-14,17-19H2,1-2H3,(H,34,37)/b11-8+/t20-,23+,25-,26-,29+,32+/m1/s1. The number of aliphatic hydroxyl groups excluding tert-OH is 1. The number of hydrogen-bond acceptors (Lipinski definition) is 7. The Bertz CT molecular complexity index is 1500. The Kier molecular flexibility index (Phi) is 8.06. The average Bonchev–Trinajstić information content (AvgIpc) is 3.09. The fourth-order valence-electron chi connectivity index (χ4n) is 7.19. The Morgan fingerprint density at radius 3 is 2.76 bits per heavy atom. The number of ether oxygens (including phenoxy) is 2. The van der Waals surface area contributed by atoms with Crippen LogP contribution in [0, 0.1) is 11.8 Å². The molecule has 6 atom stereocenters. The molecule has 2 heterocycles. The molecule has 6 rings (SSSR count). The molecule has 2 aliphatic carbocycles. The van der Waals surface area contributed by atoms with Crippen LogP contribution in [0.1, 0.15) is 60.5 Å². The van der Waals surface area contributed by atoms with Crippen LogP contribution in [-0.2, 0) is 26.6 Å². The Labute approximate surface area is 253 Å². The highest BCUT2D eigenvalue weighted by Gasteiger charge is 2.44. The van der Waals surface area contributed by atoms with Gasteiger partial charge in [-0.2, -0.15) is 0 Å². The van der Waals surface area contributed by atoms with Gasteiger partial charge < -0.3 is 19.5 Å². The van der Waals surface area contributed by atoms with Gasteiger partial charge in [0.1, 0.15) is 5.75 Å². The van der Waals surface area contributed by atoms with Crippen LogP contribution in [0.5, 0.6) is 5.75 Å². The molecule has 2 N–H and O–H groups in total. The number of carbonyl (C=O) groups excluding carboxylic acids is 1. The van der Waals surface area contributed by atoms with E-state index >= 15 is 0 Å². The molecule has 0 saturated heterocycles. The molecule has 0 unspecified atom stereocenters. The first-order valence-electron chi connectivity index (χ1n) is 14.8. The first kappa shape index (κ1) is 29.5. The number of benzene rings is 2. The summed E-state index contributed by atoms with van der Waals surface area (Å²) < 4.78 is 40.5. The summed E-state index contributed by atoms with van der Waals surface area (Å²) in [6.45, 7) is 3.40. The van der Waals surface area contributed by atoms with Gasteiger partial charge in [-0.05, 0) is 98.7 Å². The second kappa shape index (κ2) is 11.5. The number of aryl methyl sites for hydroxylation is 1. The van der Waals surface area contributed by atoms with Gasteiger partial charge >= 0.3 is 0 Å². The number of nitrogens with one attached hydrogen (secondary N) is 1. The van der Waals surface area contributed by atoms with E-state index in [1.165, 1.54) is 18.2 Å². The number of methoxy groups -OCH3 is 1. The van der Waals surface area contributed by atoms with Crippen LogP contribution in [0.2, 0.25) is 5.02 Å². The molecule has 42 heavy (non-hydrogen) atoms. The number of aliphatic hydroxyl groups is 1. The van der Waals surface area contributed by atoms with Gasteiger partial charge in [-0.3, -0.25) is 4.79 Å². The maximum Gasteiger partial charge on any atom is 0.264 e. The number of carbonyl (C=O) groups is 1. The quantitative estimate of drug-likeness (QED) is 0.452. The minimum Gasteiger partial charge on any atom is -0.490 e. The molecule has 2 bridgehead atoms.